The Kier molecular flexibility index (Phi) is 2.87. The molecular weight excluding hydrogens is 173 g/mol. The van der Waals surface area contributed by atoms with E-state index < -0.39 is 0 Å². The Morgan fingerprint density at radius 2 is 2.14 bits per heavy atom. The summed E-state index contributed by atoms with van der Waals surface area (Å²) in [6.45, 7) is 7.62. The van der Waals surface area contributed by atoms with E-state index in [1.807, 2.05) is 0 Å². The normalized spacial score (nSPS) is 34.5. The third kappa shape index (κ3) is 1.76. The van der Waals surface area contributed by atoms with Gasteiger partial charge in [-0.1, -0.05) is 19.8 Å². The first-order chi connectivity index (χ1) is 6.35. The maximum atomic E-state index is 8.81. The van der Waals surface area contributed by atoms with E-state index in [9.17, 15) is 0 Å². The number of rotatable bonds is 3. The van der Waals surface area contributed by atoms with Crippen molar-refractivity contribution in [1.29, 1.82) is 0 Å². The highest BCUT2D eigenvalue weighted by molar-refractivity contribution is 6.18. The molecule has 1 rings (SSSR count). The zero-order valence-corrected chi connectivity index (χ0v) is 9.89. The van der Waals surface area contributed by atoms with E-state index in [2.05, 4.69) is 52.6 Å². The lowest BCUT2D eigenvalue weighted by atomic mass is 9.62. The molecule has 78 valence electrons. The van der Waals surface area contributed by atoms with Crippen LogP contribution in [0.1, 0.15) is 27.2 Å². The fourth-order valence-corrected chi connectivity index (χ4v) is 2.37. The van der Waals surface area contributed by atoms with Gasteiger partial charge in [0.15, 0.2) is 0 Å². The predicted molar refractivity (Wildman–Crippen MR) is 61.2 cm³/mol. The maximum Gasteiger partial charge on any atom is 0.131 e. The summed E-state index contributed by atoms with van der Waals surface area (Å²) in [5.41, 5.74) is 0.0532. The molecule has 1 saturated heterocycles. The standard InChI is InChI=1S/C11H20BNO/c1-9(2)7-10(3,5-6-14)11(12)8-13(11)4/h9,14H,7-8,12H2,1-4H3. The number of nitrogens with zero attached hydrogens (tertiary/aromatic N) is 1. The van der Waals surface area contributed by atoms with Crippen molar-refractivity contribution in [3.05, 3.63) is 0 Å². The molecule has 0 bridgehead atoms. The van der Waals surface area contributed by atoms with Crippen LogP contribution in [0.4, 0.5) is 0 Å². The van der Waals surface area contributed by atoms with Crippen LogP contribution in [-0.4, -0.2) is 36.9 Å². The largest absolute Gasteiger partial charge is 0.462 e. The molecule has 0 radical (unpaired) electrons. The quantitative estimate of drug-likeness (QED) is 0.404. The van der Waals surface area contributed by atoms with Gasteiger partial charge in [0.2, 0.25) is 0 Å². The molecule has 0 amide bonds. The van der Waals surface area contributed by atoms with E-state index in [0.29, 0.717) is 5.92 Å². The Morgan fingerprint density at radius 3 is 2.43 bits per heavy atom. The SMILES string of the molecule is BC1(C(C)(C#CO)CC(C)C)CN1C. The maximum absolute atomic E-state index is 8.81. The number of hydrogen-bond donors (Lipinski definition) is 1. The summed E-state index contributed by atoms with van der Waals surface area (Å²) in [5, 5.41) is 8.81. The summed E-state index contributed by atoms with van der Waals surface area (Å²) < 4.78 is 0. The second-order valence-corrected chi connectivity index (χ2v) is 5.30. The minimum Gasteiger partial charge on any atom is -0.462 e. The van der Waals surface area contributed by atoms with Gasteiger partial charge < -0.3 is 10.0 Å². The highest BCUT2D eigenvalue weighted by Crippen LogP contribution is 2.46. The van der Waals surface area contributed by atoms with Gasteiger partial charge in [-0.25, -0.2) is 0 Å². The summed E-state index contributed by atoms with van der Waals surface area (Å²) in [7, 11) is 4.33. The number of aliphatic hydroxyl groups is 1. The van der Waals surface area contributed by atoms with Crippen molar-refractivity contribution in [2.75, 3.05) is 13.6 Å². The molecule has 0 saturated carbocycles. The van der Waals surface area contributed by atoms with Crippen LogP contribution < -0.4 is 0 Å². The summed E-state index contributed by atoms with van der Waals surface area (Å²) in [5.74, 6) is 3.59. The summed E-state index contributed by atoms with van der Waals surface area (Å²) in [6.07, 6.45) is 3.13. The fourth-order valence-electron chi connectivity index (χ4n) is 2.37. The van der Waals surface area contributed by atoms with Crippen LogP contribution in [0.2, 0.25) is 0 Å². The summed E-state index contributed by atoms with van der Waals surface area (Å²) in [4.78, 5) is 2.29. The van der Waals surface area contributed by atoms with Crippen LogP contribution in [0.5, 0.6) is 0 Å². The van der Waals surface area contributed by atoms with Crippen molar-refractivity contribution in [3.8, 4) is 12.0 Å². The third-order valence-electron chi connectivity index (χ3n) is 3.62. The van der Waals surface area contributed by atoms with Crippen molar-refractivity contribution < 1.29 is 5.11 Å². The Bertz CT molecular complexity index is 281. The minimum absolute atomic E-state index is 0.0926. The monoisotopic (exact) mass is 193 g/mol. The second kappa shape index (κ2) is 3.51. The van der Waals surface area contributed by atoms with Crippen LogP contribution in [0.3, 0.4) is 0 Å². The molecule has 0 aromatic carbocycles. The van der Waals surface area contributed by atoms with Gasteiger partial charge in [-0.15, -0.1) is 0 Å². The average molecular weight is 193 g/mol. The molecule has 0 spiro atoms. The Balaban J connectivity index is 2.86. The highest BCUT2D eigenvalue weighted by atomic mass is 16.2. The van der Waals surface area contributed by atoms with Gasteiger partial charge in [0.05, 0.1) is 0 Å². The van der Waals surface area contributed by atoms with Crippen LogP contribution >= 0.6 is 0 Å². The zero-order valence-electron chi connectivity index (χ0n) is 9.89. The number of hydrogen-bond acceptors (Lipinski definition) is 2. The summed E-state index contributed by atoms with van der Waals surface area (Å²) >= 11 is 0. The molecule has 1 fully saturated rings. The molecule has 1 N–H and O–H groups in total. The van der Waals surface area contributed by atoms with Crippen molar-refractivity contribution in [2.45, 2.75) is 32.6 Å². The fraction of sp³-hybridized carbons (Fsp3) is 0.818. The van der Waals surface area contributed by atoms with Gasteiger partial charge in [0, 0.05) is 17.4 Å². The third-order valence-corrected chi connectivity index (χ3v) is 3.62. The molecule has 3 atom stereocenters. The second-order valence-electron chi connectivity index (χ2n) is 5.30. The van der Waals surface area contributed by atoms with Crippen molar-refractivity contribution in [3.63, 3.8) is 0 Å². The first kappa shape index (κ1) is 11.5. The Hall–Kier alpha value is -0.615. The molecule has 0 aliphatic carbocycles. The average Bonchev–Trinajstić information content (AvgIpc) is 2.60. The number of likely N-dealkylation sites (N-methyl/N-ethyl adjacent to an activating group) is 1. The molecule has 2 nitrogen and oxygen atoms in total. The lowest BCUT2D eigenvalue weighted by molar-refractivity contribution is 0.278. The van der Waals surface area contributed by atoms with Crippen LogP contribution in [-0.2, 0) is 0 Å². The predicted octanol–water partition coefficient (Wildman–Crippen LogP) is 0.647. The van der Waals surface area contributed by atoms with Gasteiger partial charge in [-0.2, -0.15) is 0 Å². The lowest BCUT2D eigenvalue weighted by Gasteiger charge is -2.32. The Morgan fingerprint density at radius 1 is 1.64 bits per heavy atom. The van der Waals surface area contributed by atoms with Gasteiger partial charge in [0.1, 0.15) is 14.0 Å². The topological polar surface area (TPSA) is 23.2 Å². The molecule has 1 aliphatic rings. The smallest absolute Gasteiger partial charge is 0.131 e. The summed E-state index contributed by atoms with van der Waals surface area (Å²) in [6, 6.07) is 0. The highest BCUT2D eigenvalue weighted by Gasteiger charge is 2.57. The van der Waals surface area contributed by atoms with Crippen LogP contribution in [0.15, 0.2) is 0 Å². The first-order valence-corrected chi connectivity index (χ1v) is 5.23. The van der Waals surface area contributed by atoms with E-state index in [1.54, 1.807) is 0 Å². The molecule has 3 unspecified atom stereocenters. The lowest BCUT2D eigenvalue weighted by Crippen LogP contribution is -2.39. The molecule has 1 aliphatic heterocycles. The van der Waals surface area contributed by atoms with Crippen molar-refractivity contribution >= 4 is 7.85 Å². The van der Waals surface area contributed by atoms with Gasteiger partial charge in [0.25, 0.3) is 0 Å². The van der Waals surface area contributed by atoms with Crippen molar-refractivity contribution in [1.82, 2.24) is 4.90 Å². The van der Waals surface area contributed by atoms with E-state index in [0.717, 1.165) is 13.0 Å². The van der Waals surface area contributed by atoms with E-state index in [-0.39, 0.29) is 10.9 Å². The van der Waals surface area contributed by atoms with E-state index >= 15 is 0 Å². The van der Waals surface area contributed by atoms with Crippen molar-refractivity contribution in [2.24, 2.45) is 11.3 Å². The molecule has 0 aromatic rings. The molecule has 14 heavy (non-hydrogen) atoms. The first-order valence-electron chi connectivity index (χ1n) is 5.23. The zero-order chi connectivity index (χ0) is 11.0. The van der Waals surface area contributed by atoms with E-state index in [4.69, 9.17) is 5.11 Å². The molecule has 3 heteroatoms. The van der Waals surface area contributed by atoms with E-state index in [1.165, 1.54) is 0 Å². The molecule has 1 heterocycles. The van der Waals surface area contributed by atoms with Gasteiger partial charge in [-0.3, -0.25) is 0 Å². The van der Waals surface area contributed by atoms with Crippen LogP contribution in [0, 0.1) is 23.4 Å². The van der Waals surface area contributed by atoms with Crippen LogP contribution in [0.25, 0.3) is 0 Å². The number of aliphatic hydroxyl groups excluding tert-OH is 1. The Labute approximate surface area is 88.1 Å². The van der Waals surface area contributed by atoms with Gasteiger partial charge in [-0.05, 0) is 26.3 Å². The van der Waals surface area contributed by atoms with Gasteiger partial charge >= 0.3 is 0 Å². The molecule has 0 aromatic heterocycles. The molecular formula is C11H20BNO. The minimum atomic E-state index is -0.0926.